The number of nitrogens with zero attached hydrogens (tertiary/aromatic N) is 1. The Morgan fingerprint density at radius 3 is 2.21 bits per heavy atom. The standard InChI is InChI=1S/C17H28N2O7SSi2/c1-10(20)24-8-11-9-27-15-12(18-17(23)26-29(5,6)7)14(21)19(15)13(11)16(22)25-28(2,3)4/h12,15H,8-9H2,1-7H3,(H,18,23)/t12?,15-/m1/s1. The van der Waals surface area contributed by atoms with Crippen LogP contribution in [0.2, 0.25) is 39.3 Å². The van der Waals surface area contributed by atoms with Crippen molar-refractivity contribution in [2.24, 2.45) is 0 Å². The number of carbonyl (C=O) groups is 4. The van der Waals surface area contributed by atoms with E-state index in [1.807, 2.05) is 39.3 Å². The van der Waals surface area contributed by atoms with Crippen LogP contribution >= 0.6 is 11.8 Å². The first-order chi connectivity index (χ1) is 13.2. The van der Waals surface area contributed by atoms with E-state index >= 15 is 0 Å². The van der Waals surface area contributed by atoms with Crippen LogP contribution in [-0.4, -0.2) is 69.2 Å². The molecule has 0 radical (unpaired) electrons. The third-order valence-electron chi connectivity index (χ3n) is 3.76. The van der Waals surface area contributed by atoms with Gasteiger partial charge in [0.25, 0.3) is 5.91 Å². The smallest absolute Gasteiger partial charge is 0.394 e. The maximum Gasteiger partial charge on any atom is 0.394 e. The maximum absolute atomic E-state index is 12.8. The number of ether oxygens (including phenoxy) is 1. The van der Waals surface area contributed by atoms with Crippen molar-refractivity contribution in [2.75, 3.05) is 12.4 Å². The zero-order valence-electron chi connectivity index (χ0n) is 17.8. The molecule has 162 valence electrons. The predicted molar refractivity (Wildman–Crippen MR) is 113 cm³/mol. The minimum absolute atomic E-state index is 0.0925. The highest BCUT2D eigenvalue weighted by atomic mass is 32.2. The van der Waals surface area contributed by atoms with Gasteiger partial charge in [-0.25, -0.2) is 9.59 Å². The molecule has 1 saturated heterocycles. The van der Waals surface area contributed by atoms with Gasteiger partial charge < -0.3 is 18.9 Å². The van der Waals surface area contributed by atoms with Crippen LogP contribution in [0.5, 0.6) is 0 Å². The van der Waals surface area contributed by atoms with Crippen LogP contribution < -0.4 is 5.32 Å². The van der Waals surface area contributed by atoms with Crippen molar-refractivity contribution in [3.63, 3.8) is 0 Å². The molecule has 9 nitrogen and oxygen atoms in total. The summed E-state index contributed by atoms with van der Waals surface area (Å²) in [6, 6.07) is -0.784. The monoisotopic (exact) mass is 460 g/mol. The Morgan fingerprint density at radius 2 is 1.69 bits per heavy atom. The molecule has 0 saturated carbocycles. The molecule has 0 aromatic carbocycles. The van der Waals surface area contributed by atoms with Gasteiger partial charge >= 0.3 is 18.0 Å². The number of nitrogens with one attached hydrogen (secondary N) is 1. The number of esters is 1. The van der Waals surface area contributed by atoms with Gasteiger partial charge in [0, 0.05) is 18.2 Å². The van der Waals surface area contributed by atoms with Gasteiger partial charge in [-0.15, -0.1) is 11.8 Å². The van der Waals surface area contributed by atoms with Gasteiger partial charge in [0.2, 0.25) is 16.6 Å². The summed E-state index contributed by atoms with van der Waals surface area (Å²) in [7, 11) is -4.32. The Morgan fingerprint density at radius 1 is 1.10 bits per heavy atom. The molecule has 2 rings (SSSR count). The summed E-state index contributed by atoms with van der Waals surface area (Å²) in [5.74, 6) is -1.13. The van der Waals surface area contributed by atoms with E-state index in [0.29, 0.717) is 11.3 Å². The van der Waals surface area contributed by atoms with E-state index in [2.05, 4.69) is 5.32 Å². The molecule has 0 aromatic rings. The Labute approximate surface area is 176 Å². The highest BCUT2D eigenvalue weighted by molar-refractivity contribution is 8.00. The number of fused-ring (bicyclic) bond motifs is 1. The summed E-state index contributed by atoms with van der Waals surface area (Å²) in [5, 5.41) is 2.16. The van der Waals surface area contributed by atoms with Crippen LogP contribution in [-0.2, 0) is 28.0 Å². The Balaban J connectivity index is 2.23. The quantitative estimate of drug-likeness (QED) is 0.364. The van der Waals surface area contributed by atoms with E-state index in [-0.39, 0.29) is 12.3 Å². The molecule has 0 aliphatic carbocycles. The minimum atomic E-state index is -2.22. The van der Waals surface area contributed by atoms with Crippen LogP contribution in [0.15, 0.2) is 11.3 Å². The average Bonchev–Trinajstić information content (AvgIpc) is 2.53. The fourth-order valence-electron chi connectivity index (χ4n) is 2.73. The molecule has 0 spiro atoms. The van der Waals surface area contributed by atoms with Crippen molar-refractivity contribution < 1.29 is 32.8 Å². The van der Waals surface area contributed by atoms with Crippen molar-refractivity contribution in [1.82, 2.24) is 10.2 Å². The lowest BCUT2D eigenvalue weighted by Gasteiger charge is -2.49. The van der Waals surface area contributed by atoms with Gasteiger partial charge in [0.15, 0.2) is 0 Å². The molecular weight excluding hydrogens is 432 g/mol. The van der Waals surface area contributed by atoms with Crippen LogP contribution in [0.3, 0.4) is 0 Å². The fourth-order valence-corrected chi connectivity index (χ4v) is 5.33. The fraction of sp³-hybridized carbons (Fsp3) is 0.647. The van der Waals surface area contributed by atoms with Gasteiger partial charge in [0.05, 0.1) is 0 Å². The summed E-state index contributed by atoms with van der Waals surface area (Å²) in [5.41, 5.74) is 0.625. The number of amides is 2. The van der Waals surface area contributed by atoms with Gasteiger partial charge in [0.1, 0.15) is 23.7 Å². The molecule has 0 aromatic heterocycles. The number of carbonyl (C=O) groups excluding carboxylic acids is 4. The Kier molecular flexibility index (Phi) is 6.90. The molecule has 2 aliphatic rings. The van der Waals surface area contributed by atoms with Crippen molar-refractivity contribution in [1.29, 1.82) is 0 Å². The lowest BCUT2D eigenvalue weighted by Crippen LogP contribution is -2.71. The first-order valence-electron chi connectivity index (χ1n) is 9.22. The predicted octanol–water partition coefficient (Wildman–Crippen LogP) is 2.03. The SMILES string of the molecule is CC(=O)OCC1=C(C(=O)O[Si](C)(C)C)N2C(=O)C(NC(=O)O[Si](C)(C)C)[C@H]2SC1. The van der Waals surface area contributed by atoms with E-state index in [9.17, 15) is 19.2 Å². The van der Waals surface area contributed by atoms with Gasteiger partial charge in [-0.1, -0.05) is 0 Å². The second-order valence-electron chi connectivity index (χ2n) is 8.77. The summed E-state index contributed by atoms with van der Waals surface area (Å²) in [6.07, 6.45) is -0.635. The minimum Gasteiger partial charge on any atom is -0.515 e. The Bertz CT molecular complexity index is 758. The molecule has 1 N–H and O–H groups in total. The van der Waals surface area contributed by atoms with Crippen LogP contribution in [0.1, 0.15) is 6.92 Å². The summed E-state index contributed by atoms with van der Waals surface area (Å²) < 4.78 is 16.0. The number of hydrogen-bond donors (Lipinski definition) is 1. The summed E-state index contributed by atoms with van der Waals surface area (Å²) >= 11 is 1.38. The molecule has 2 atom stereocenters. The van der Waals surface area contributed by atoms with Crippen molar-refractivity contribution in [3.8, 4) is 0 Å². The molecule has 12 heteroatoms. The largest absolute Gasteiger partial charge is 0.515 e. The lowest BCUT2D eigenvalue weighted by molar-refractivity contribution is -0.148. The second kappa shape index (κ2) is 8.52. The molecule has 29 heavy (non-hydrogen) atoms. The number of rotatable bonds is 6. The highest BCUT2D eigenvalue weighted by Crippen LogP contribution is 2.41. The second-order valence-corrected chi connectivity index (χ2v) is 18.7. The molecule has 0 bridgehead atoms. The molecular formula is C17H28N2O7SSi2. The zero-order chi connectivity index (χ0) is 22.1. The summed E-state index contributed by atoms with van der Waals surface area (Å²) in [4.78, 5) is 50.2. The topological polar surface area (TPSA) is 111 Å². The van der Waals surface area contributed by atoms with Crippen LogP contribution in [0.4, 0.5) is 4.79 Å². The van der Waals surface area contributed by atoms with E-state index < -0.39 is 52.0 Å². The molecule has 1 fully saturated rings. The molecule has 2 aliphatic heterocycles. The Hall–Kier alpha value is -1.80. The number of β-lactam (4-membered cyclic amide) rings is 1. The third-order valence-corrected chi connectivity index (χ3v) is 6.70. The van der Waals surface area contributed by atoms with Gasteiger partial charge in [-0.2, -0.15) is 0 Å². The normalized spacial score (nSPS) is 21.8. The average molecular weight is 461 g/mol. The number of hydrogen-bond acceptors (Lipinski definition) is 8. The number of thioether (sulfide) groups is 1. The van der Waals surface area contributed by atoms with Gasteiger partial charge in [-0.3, -0.25) is 14.5 Å². The highest BCUT2D eigenvalue weighted by Gasteiger charge is 2.55. The zero-order valence-corrected chi connectivity index (χ0v) is 20.6. The van der Waals surface area contributed by atoms with Gasteiger partial charge in [-0.05, 0) is 39.3 Å². The van der Waals surface area contributed by atoms with E-state index in [1.165, 1.54) is 23.6 Å². The van der Waals surface area contributed by atoms with Crippen molar-refractivity contribution in [2.45, 2.75) is 57.6 Å². The van der Waals surface area contributed by atoms with Crippen molar-refractivity contribution >= 4 is 52.3 Å². The lowest BCUT2D eigenvalue weighted by atomic mass is 10.0. The van der Waals surface area contributed by atoms with Crippen molar-refractivity contribution in [3.05, 3.63) is 11.3 Å². The molecule has 2 amide bonds. The molecule has 1 unspecified atom stereocenters. The van der Waals surface area contributed by atoms with E-state index in [1.54, 1.807) is 0 Å². The first-order valence-corrected chi connectivity index (χ1v) is 17.1. The first kappa shape index (κ1) is 23.5. The third kappa shape index (κ3) is 6.09. The van der Waals surface area contributed by atoms with E-state index in [0.717, 1.165) is 0 Å². The van der Waals surface area contributed by atoms with Crippen LogP contribution in [0.25, 0.3) is 0 Å². The summed E-state index contributed by atoms with van der Waals surface area (Å²) in [6.45, 7) is 12.4. The van der Waals surface area contributed by atoms with E-state index in [4.69, 9.17) is 13.6 Å². The molecule has 2 heterocycles. The van der Waals surface area contributed by atoms with Crippen LogP contribution in [0, 0.1) is 0 Å². The maximum atomic E-state index is 12.8.